The summed E-state index contributed by atoms with van der Waals surface area (Å²) in [6.07, 6.45) is 3.74. The van der Waals surface area contributed by atoms with Gasteiger partial charge in [0.15, 0.2) is 0 Å². The number of aromatic nitrogens is 1. The van der Waals surface area contributed by atoms with E-state index >= 15 is 0 Å². The van der Waals surface area contributed by atoms with E-state index in [-0.39, 0.29) is 6.04 Å². The van der Waals surface area contributed by atoms with Crippen LogP contribution in [0.25, 0.3) is 10.8 Å². The number of hydrogen-bond donors (Lipinski definition) is 1. The molecule has 0 saturated heterocycles. The van der Waals surface area contributed by atoms with Crippen molar-refractivity contribution in [2.24, 2.45) is 5.73 Å². The van der Waals surface area contributed by atoms with Crippen molar-refractivity contribution in [3.63, 3.8) is 0 Å². The lowest BCUT2D eigenvalue weighted by atomic mass is 10.0. The predicted molar refractivity (Wildman–Crippen MR) is 90.8 cm³/mol. The van der Waals surface area contributed by atoms with Gasteiger partial charge in [0.1, 0.15) is 0 Å². The van der Waals surface area contributed by atoms with E-state index < -0.39 is 0 Å². The smallest absolute Gasteiger partial charge is 0.0411 e. The topological polar surface area (TPSA) is 38.9 Å². The van der Waals surface area contributed by atoms with Crippen molar-refractivity contribution in [2.45, 2.75) is 10.9 Å². The molecule has 0 spiro atoms. The molecule has 4 heteroatoms. The molecular formula is C17H15ClN2S. The predicted octanol–water partition coefficient (Wildman–Crippen LogP) is 4.68. The zero-order chi connectivity index (χ0) is 14.7. The maximum atomic E-state index is 6.35. The van der Waals surface area contributed by atoms with Crippen molar-refractivity contribution >= 4 is 34.1 Å². The summed E-state index contributed by atoms with van der Waals surface area (Å²) < 4.78 is 0. The second-order valence-electron chi connectivity index (χ2n) is 4.82. The quantitative estimate of drug-likeness (QED) is 0.711. The number of fused-ring (bicyclic) bond motifs is 1. The molecule has 0 radical (unpaired) electrons. The van der Waals surface area contributed by atoms with E-state index in [0.29, 0.717) is 0 Å². The van der Waals surface area contributed by atoms with Gasteiger partial charge in [-0.1, -0.05) is 35.9 Å². The molecule has 21 heavy (non-hydrogen) atoms. The Morgan fingerprint density at radius 2 is 1.81 bits per heavy atom. The molecule has 106 valence electrons. The van der Waals surface area contributed by atoms with E-state index in [1.54, 1.807) is 11.8 Å². The van der Waals surface area contributed by atoms with E-state index in [0.717, 1.165) is 21.7 Å². The zero-order valence-corrected chi connectivity index (χ0v) is 12.9. The van der Waals surface area contributed by atoms with Crippen LogP contribution in [0.15, 0.2) is 65.8 Å². The molecule has 1 atom stereocenters. The summed E-state index contributed by atoms with van der Waals surface area (Å²) in [4.78, 5) is 5.46. The van der Waals surface area contributed by atoms with E-state index in [2.05, 4.69) is 17.1 Å². The lowest BCUT2D eigenvalue weighted by molar-refractivity contribution is 0.834. The first-order valence-electron chi connectivity index (χ1n) is 6.70. The molecule has 0 fully saturated rings. The summed E-state index contributed by atoms with van der Waals surface area (Å²) in [5.74, 6) is 0.803. The van der Waals surface area contributed by atoms with Crippen LogP contribution in [0.5, 0.6) is 0 Å². The fourth-order valence-corrected chi connectivity index (χ4v) is 3.25. The van der Waals surface area contributed by atoms with Gasteiger partial charge in [-0.25, -0.2) is 0 Å². The van der Waals surface area contributed by atoms with Gasteiger partial charge < -0.3 is 5.73 Å². The number of hydrogen-bond acceptors (Lipinski definition) is 3. The summed E-state index contributed by atoms with van der Waals surface area (Å²) in [5.41, 5.74) is 7.44. The fraction of sp³-hybridized carbons (Fsp3) is 0.118. The van der Waals surface area contributed by atoms with E-state index in [9.17, 15) is 0 Å². The molecule has 2 N–H and O–H groups in total. The van der Waals surface area contributed by atoms with Crippen LogP contribution >= 0.6 is 23.4 Å². The highest BCUT2D eigenvalue weighted by Crippen LogP contribution is 2.27. The summed E-state index contributed by atoms with van der Waals surface area (Å²) in [7, 11) is 0. The SMILES string of the molecule is NC(CSc1ccc(Cl)cc1)c1cncc2ccccc12. The maximum Gasteiger partial charge on any atom is 0.0411 e. The van der Waals surface area contributed by atoms with Gasteiger partial charge in [-0.15, -0.1) is 11.8 Å². The average molecular weight is 315 g/mol. The Morgan fingerprint density at radius 1 is 1.05 bits per heavy atom. The van der Waals surface area contributed by atoms with E-state index in [1.165, 1.54) is 10.3 Å². The van der Waals surface area contributed by atoms with Gasteiger partial charge in [0.25, 0.3) is 0 Å². The first-order valence-corrected chi connectivity index (χ1v) is 8.07. The third-order valence-electron chi connectivity index (χ3n) is 3.34. The Hall–Kier alpha value is -1.55. The Kier molecular flexibility index (Phi) is 4.44. The average Bonchev–Trinajstić information content (AvgIpc) is 2.53. The van der Waals surface area contributed by atoms with Crippen LogP contribution < -0.4 is 5.73 Å². The van der Waals surface area contributed by atoms with Gasteiger partial charge >= 0.3 is 0 Å². The molecule has 0 amide bonds. The first kappa shape index (κ1) is 14.4. The molecule has 1 unspecified atom stereocenters. The van der Waals surface area contributed by atoms with Crippen molar-refractivity contribution in [1.29, 1.82) is 0 Å². The first-order chi connectivity index (χ1) is 10.2. The van der Waals surface area contributed by atoms with Crippen LogP contribution in [0.2, 0.25) is 5.02 Å². The Balaban J connectivity index is 1.78. The van der Waals surface area contributed by atoms with Crippen molar-refractivity contribution < 1.29 is 0 Å². The summed E-state index contributed by atoms with van der Waals surface area (Å²) >= 11 is 7.62. The second-order valence-corrected chi connectivity index (χ2v) is 6.35. The Bertz CT molecular complexity index is 738. The third-order valence-corrected chi connectivity index (χ3v) is 4.72. The highest BCUT2D eigenvalue weighted by molar-refractivity contribution is 7.99. The van der Waals surface area contributed by atoms with Crippen LogP contribution in [0.1, 0.15) is 11.6 Å². The molecule has 2 nitrogen and oxygen atoms in total. The molecule has 0 aliphatic heterocycles. The minimum absolute atomic E-state index is 0.0516. The standard InChI is InChI=1S/C17H15ClN2S/c18-13-5-7-14(8-6-13)21-11-17(19)16-10-20-9-12-3-1-2-4-15(12)16/h1-10,17H,11,19H2. The molecule has 1 heterocycles. The van der Waals surface area contributed by atoms with Crippen LogP contribution in [-0.4, -0.2) is 10.7 Å². The Morgan fingerprint density at radius 3 is 2.62 bits per heavy atom. The van der Waals surface area contributed by atoms with Crippen molar-refractivity contribution in [1.82, 2.24) is 4.98 Å². The molecule has 0 saturated carbocycles. The number of nitrogens with zero attached hydrogens (tertiary/aromatic N) is 1. The largest absolute Gasteiger partial charge is 0.323 e. The molecule has 3 rings (SSSR count). The van der Waals surface area contributed by atoms with E-state index in [4.69, 9.17) is 17.3 Å². The highest BCUT2D eigenvalue weighted by Gasteiger charge is 2.10. The van der Waals surface area contributed by atoms with Gasteiger partial charge in [-0.05, 0) is 35.2 Å². The molecule has 0 aliphatic rings. The zero-order valence-electron chi connectivity index (χ0n) is 11.4. The normalized spacial score (nSPS) is 12.5. The molecule has 3 aromatic rings. The number of benzene rings is 2. The Labute approximate surface area is 133 Å². The van der Waals surface area contributed by atoms with Crippen LogP contribution in [-0.2, 0) is 0 Å². The summed E-state index contributed by atoms with van der Waals surface area (Å²) in [6, 6.07) is 16.0. The van der Waals surface area contributed by atoms with Crippen molar-refractivity contribution in [2.75, 3.05) is 5.75 Å². The molecular weight excluding hydrogens is 300 g/mol. The van der Waals surface area contributed by atoms with Gasteiger partial charge in [0, 0.05) is 39.5 Å². The minimum atomic E-state index is -0.0516. The van der Waals surface area contributed by atoms with Crippen molar-refractivity contribution in [3.05, 3.63) is 71.5 Å². The summed E-state index contributed by atoms with van der Waals surface area (Å²) in [6.45, 7) is 0. The van der Waals surface area contributed by atoms with Crippen LogP contribution in [0.4, 0.5) is 0 Å². The highest BCUT2D eigenvalue weighted by atomic mass is 35.5. The van der Waals surface area contributed by atoms with E-state index in [1.807, 2.05) is 48.8 Å². The van der Waals surface area contributed by atoms with Gasteiger partial charge in [0.05, 0.1) is 0 Å². The molecule has 0 aliphatic carbocycles. The van der Waals surface area contributed by atoms with Gasteiger partial charge in [-0.2, -0.15) is 0 Å². The van der Waals surface area contributed by atoms with Crippen LogP contribution in [0, 0.1) is 0 Å². The number of rotatable bonds is 4. The molecule has 1 aromatic heterocycles. The monoisotopic (exact) mass is 314 g/mol. The van der Waals surface area contributed by atoms with Crippen molar-refractivity contribution in [3.8, 4) is 0 Å². The lowest BCUT2D eigenvalue weighted by Crippen LogP contribution is -2.13. The third kappa shape index (κ3) is 3.38. The summed E-state index contributed by atoms with van der Waals surface area (Å²) in [5, 5.41) is 3.06. The number of pyridine rings is 1. The molecule has 0 bridgehead atoms. The number of nitrogens with two attached hydrogens (primary N) is 1. The van der Waals surface area contributed by atoms with Gasteiger partial charge in [-0.3, -0.25) is 4.98 Å². The lowest BCUT2D eigenvalue weighted by Gasteiger charge is -2.14. The number of halogens is 1. The van der Waals surface area contributed by atoms with Crippen LogP contribution in [0.3, 0.4) is 0 Å². The maximum absolute atomic E-state index is 6.35. The molecule has 2 aromatic carbocycles. The minimum Gasteiger partial charge on any atom is -0.323 e. The van der Waals surface area contributed by atoms with Gasteiger partial charge in [0.2, 0.25) is 0 Å². The number of thioether (sulfide) groups is 1. The second kappa shape index (κ2) is 6.48. The fourth-order valence-electron chi connectivity index (χ4n) is 2.24.